The average molecular weight is 247 g/mol. The van der Waals surface area contributed by atoms with Gasteiger partial charge in [-0.2, -0.15) is 5.26 Å². The smallest absolute Gasteiger partial charge is 0.342 e. The number of halogens is 3. The number of hydrogen-bond donors (Lipinski definition) is 0. The molecule has 4 nitrogen and oxygen atoms in total. The summed E-state index contributed by atoms with van der Waals surface area (Å²) in [5.41, 5.74) is -1.26. The Labute approximate surface area is 94.4 Å². The number of aromatic nitrogens is 1. The van der Waals surface area contributed by atoms with Crippen LogP contribution in [0, 0.1) is 11.3 Å². The predicted molar refractivity (Wildman–Crippen MR) is 50.3 cm³/mol. The molecule has 84 valence electrons. The van der Waals surface area contributed by atoms with Crippen molar-refractivity contribution in [3.8, 4) is 6.07 Å². The number of esters is 1. The van der Waals surface area contributed by atoms with Crippen LogP contribution in [-0.2, 0) is 4.74 Å². The molecule has 0 aromatic carbocycles. The fourth-order valence-corrected chi connectivity index (χ4v) is 1.31. The van der Waals surface area contributed by atoms with E-state index in [9.17, 15) is 13.6 Å². The van der Waals surface area contributed by atoms with Crippen molar-refractivity contribution < 1.29 is 18.3 Å². The van der Waals surface area contributed by atoms with Crippen LogP contribution in [0.2, 0.25) is 5.15 Å². The second-order valence-corrected chi connectivity index (χ2v) is 3.02. The Hall–Kier alpha value is -1.74. The quantitative estimate of drug-likeness (QED) is 0.593. The highest BCUT2D eigenvalue weighted by atomic mass is 35.5. The third-order valence-corrected chi connectivity index (χ3v) is 2.00. The lowest BCUT2D eigenvalue weighted by Gasteiger charge is -2.06. The summed E-state index contributed by atoms with van der Waals surface area (Å²) in [6.45, 7) is 0. The first-order valence-corrected chi connectivity index (χ1v) is 4.36. The Morgan fingerprint density at radius 1 is 1.69 bits per heavy atom. The van der Waals surface area contributed by atoms with Gasteiger partial charge in [-0.15, -0.1) is 0 Å². The minimum Gasteiger partial charge on any atom is -0.465 e. The van der Waals surface area contributed by atoms with E-state index in [0.717, 1.165) is 13.2 Å². The number of carbonyl (C=O) groups is 1. The lowest BCUT2D eigenvalue weighted by atomic mass is 10.1. The highest BCUT2D eigenvalue weighted by Gasteiger charge is 2.21. The summed E-state index contributed by atoms with van der Waals surface area (Å²) in [5, 5.41) is 8.23. The van der Waals surface area contributed by atoms with E-state index in [0.29, 0.717) is 0 Å². The molecule has 0 aliphatic carbocycles. The Morgan fingerprint density at radius 2 is 2.31 bits per heavy atom. The van der Waals surface area contributed by atoms with Crippen molar-refractivity contribution in [3.05, 3.63) is 28.0 Å². The molecule has 0 saturated carbocycles. The third kappa shape index (κ3) is 2.25. The van der Waals surface area contributed by atoms with E-state index < -0.39 is 23.2 Å². The Morgan fingerprint density at radius 3 is 2.75 bits per heavy atom. The van der Waals surface area contributed by atoms with E-state index in [1.54, 1.807) is 6.07 Å². The van der Waals surface area contributed by atoms with Gasteiger partial charge in [0.05, 0.1) is 12.7 Å². The maximum Gasteiger partial charge on any atom is 0.342 e. The molecule has 7 heteroatoms. The fraction of sp³-hybridized carbons (Fsp3) is 0.222. The SMILES string of the molecule is COC(=O)c1c(C#N)cc(C(F)F)nc1Cl. The van der Waals surface area contributed by atoms with E-state index in [1.165, 1.54) is 0 Å². The molecule has 0 saturated heterocycles. The molecule has 0 fully saturated rings. The molecule has 0 spiro atoms. The molecule has 1 heterocycles. The Kier molecular flexibility index (Phi) is 3.74. The second kappa shape index (κ2) is 4.86. The van der Waals surface area contributed by atoms with Gasteiger partial charge in [-0.25, -0.2) is 18.6 Å². The molecule has 1 aromatic heterocycles. The number of hydrogen-bond acceptors (Lipinski definition) is 4. The molecule has 0 aliphatic rings. The number of pyridine rings is 1. The van der Waals surface area contributed by atoms with E-state index in [4.69, 9.17) is 16.9 Å². The zero-order valence-electron chi connectivity index (χ0n) is 8.00. The Bertz CT molecular complexity index is 471. The van der Waals surface area contributed by atoms with Gasteiger partial charge >= 0.3 is 5.97 Å². The summed E-state index contributed by atoms with van der Waals surface area (Å²) in [4.78, 5) is 14.5. The number of nitrogens with zero attached hydrogens (tertiary/aromatic N) is 2. The van der Waals surface area contributed by atoms with Crippen LogP contribution < -0.4 is 0 Å². The van der Waals surface area contributed by atoms with E-state index in [1.807, 2.05) is 0 Å². The largest absolute Gasteiger partial charge is 0.465 e. The van der Waals surface area contributed by atoms with Gasteiger partial charge in [0.25, 0.3) is 6.43 Å². The first-order valence-electron chi connectivity index (χ1n) is 3.98. The number of nitriles is 1. The van der Waals surface area contributed by atoms with Crippen molar-refractivity contribution in [1.82, 2.24) is 4.98 Å². The van der Waals surface area contributed by atoms with Crippen molar-refractivity contribution in [1.29, 1.82) is 5.26 Å². The average Bonchev–Trinajstić information content (AvgIpc) is 2.26. The first-order chi connectivity index (χ1) is 7.51. The molecule has 1 aromatic rings. The summed E-state index contributed by atoms with van der Waals surface area (Å²) in [5.74, 6) is -0.894. The monoisotopic (exact) mass is 246 g/mol. The highest BCUT2D eigenvalue weighted by molar-refractivity contribution is 6.32. The molecule has 0 amide bonds. The molecule has 0 unspecified atom stereocenters. The molecule has 16 heavy (non-hydrogen) atoms. The summed E-state index contributed by atoms with van der Waals surface area (Å²) < 4.78 is 29.0. The van der Waals surface area contributed by atoms with E-state index >= 15 is 0 Å². The van der Waals surface area contributed by atoms with Gasteiger partial charge in [0.2, 0.25) is 0 Å². The number of carbonyl (C=O) groups excluding carboxylic acids is 1. The number of ether oxygens (including phenoxy) is 1. The van der Waals surface area contributed by atoms with Gasteiger partial charge in [-0.3, -0.25) is 0 Å². The van der Waals surface area contributed by atoms with Gasteiger partial charge in [0.1, 0.15) is 22.5 Å². The minimum absolute atomic E-state index is 0.290. The van der Waals surface area contributed by atoms with Crippen LogP contribution in [-0.4, -0.2) is 18.1 Å². The molecule has 0 N–H and O–H groups in total. The van der Waals surface area contributed by atoms with Crippen molar-refractivity contribution in [2.45, 2.75) is 6.43 Å². The summed E-state index contributed by atoms with van der Waals surface area (Å²) in [6, 6.07) is 2.40. The number of rotatable bonds is 2. The summed E-state index contributed by atoms with van der Waals surface area (Å²) in [7, 11) is 1.08. The molecule has 0 bridgehead atoms. The molecule has 0 aliphatic heterocycles. The van der Waals surface area contributed by atoms with E-state index in [2.05, 4.69) is 9.72 Å². The van der Waals surface area contributed by atoms with Crippen molar-refractivity contribution in [2.24, 2.45) is 0 Å². The molecular weight excluding hydrogens is 242 g/mol. The topological polar surface area (TPSA) is 63.0 Å². The third-order valence-electron chi connectivity index (χ3n) is 1.73. The molecular formula is C9H5ClF2N2O2. The Balaban J connectivity index is 3.42. The van der Waals surface area contributed by atoms with Gasteiger partial charge in [-0.05, 0) is 6.07 Å². The first kappa shape index (κ1) is 12.3. The van der Waals surface area contributed by atoms with Crippen molar-refractivity contribution in [3.63, 3.8) is 0 Å². The van der Waals surface area contributed by atoms with Crippen LogP contribution in [0.3, 0.4) is 0 Å². The zero-order chi connectivity index (χ0) is 12.3. The fourth-order valence-electron chi connectivity index (χ4n) is 1.03. The minimum atomic E-state index is -2.86. The molecule has 1 rings (SSSR count). The summed E-state index contributed by atoms with van der Waals surface area (Å²) in [6.07, 6.45) is -2.86. The van der Waals surface area contributed by atoms with Crippen LogP contribution in [0.15, 0.2) is 6.07 Å². The van der Waals surface area contributed by atoms with Gasteiger partial charge < -0.3 is 4.74 Å². The van der Waals surface area contributed by atoms with Crippen LogP contribution in [0.4, 0.5) is 8.78 Å². The number of methoxy groups -OCH3 is 1. The second-order valence-electron chi connectivity index (χ2n) is 2.66. The van der Waals surface area contributed by atoms with Crippen LogP contribution >= 0.6 is 11.6 Å². The van der Waals surface area contributed by atoms with Crippen LogP contribution in [0.5, 0.6) is 0 Å². The lowest BCUT2D eigenvalue weighted by Crippen LogP contribution is -2.08. The lowest BCUT2D eigenvalue weighted by molar-refractivity contribution is 0.0599. The number of alkyl halides is 2. The van der Waals surface area contributed by atoms with Gasteiger partial charge in [0, 0.05) is 0 Å². The van der Waals surface area contributed by atoms with Crippen molar-refractivity contribution >= 4 is 17.6 Å². The maximum atomic E-state index is 12.3. The zero-order valence-corrected chi connectivity index (χ0v) is 8.76. The van der Waals surface area contributed by atoms with Gasteiger partial charge in [0.15, 0.2) is 0 Å². The van der Waals surface area contributed by atoms with E-state index in [-0.39, 0.29) is 11.1 Å². The maximum absolute atomic E-state index is 12.3. The molecule has 0 radical (unpaired) electrons. The normalized spacial score (nSPS) is 10.0. The predicted octanol–water partition coefficient (Wildman–Crippen LogP) is 2.33. The standard InChI is InChI=1S/C9H5ClF2N2O2/c1-16-9(15)6-4(3-13)2-5(8(11)12)14-7(6)10/h2,8H,1H3. The highest BCUT2D eigenvalue weighted by Crippen LogP contribution is 2.25. The van der Waals surface area contributed by atoms with Crippen molar-refractivity contribution in [2.75, 3.05) is 7.11 Å². The van der Waals surface area contributed by atoms with Crippen LogP contribution in [0.1, 0.15) is 28.0 Å². The summed E-state index contributed by atoms with van der Waals surface area (Å²) >= 11 is 5.53. The van der Waals surface area contributed by atoms with Gasteiger partial charge in [-0.1, -0.05) is 11.6 Å². The molecule has 0 atom stereocenters. The van der Waals surface area contributed by atoms with Crippen LogP contribution in [0.25, 0.3) is 0 Å².